The number of ether oxygens (including phenoxy) is 2. The van der Waals surface area contributed by atoms with Crippen molar-refractivity contribution >= 4 is 18.8 Å². The van der Waals surface area contributed by atoms with Crippen LogP contribution < -0.4 is 15.8 Å². The Labute approximate surface area is 156 Å². The summed E-state index contributed by atoms with van der Waals surface area (Å²) in [5.74, 6) is 1.59. The number of hydrogen-bond donors (Lipinski definition) is 2. The van der Waals surface area contributed by atoms with Gasteiger partial charge in [-0.1, -0.05) is 0 Å². The van der Waals surface area contributed by atoms with Crippen LogP contribution in [-0.4, -0.2) is 18.6 Å². The van der Waals surface area contributed by atoms with E-state index in [4.69, 9.17) is 15.2 Å². The fourth-order valence-electron chi connectivity index (χ4n) is 2.91. The number of nitrogens with two attached hydrogens (primary N) is 1. The molecule has 26 heavy (non-hydrogen) atoms. The van der Waals surface area contributed by atoms with Crippen LogP contribution in [0.4, 0.5) is 5.69 Å². The molecule has 0 aliphatic carbocycles. The summed E-state index contributed by atoms with van der Waals surface area (Å²) in [5.41, 5.74) is 9.66. The first-order chi connectivity index (χ1) is 12.2. The Balaban J connectivity index is 1.70. The average Bonchev–Trinajstić information content (AvgIpc) is 2.91. The molecule has 5 heteroatoms. The van der Waals surface area contributed by atoms with Crippen LogP contribution in [0, 0.1) is 0 Å². The van der Waals surface area contributed by atoms with Crippen molar-refractivity contribution in [2.75, 3.05) is 5.32 Å². The molecule has 1 heterocycles. The first-order valence-corrected chi connectivity index (χ1v) is 9.02. The van der Waals surface area contributed by atoms with Crippen molar-refractivity contribution < 1.29 is 9.47 Å². The molecule has 0 bridgehead atoms. The van der Waals surface area contributed by atoms with Gasteiger partial charge in [-0.2, -0.15) is 0 Å². The van der Waals surface area contributed by atoms with E-state index in [1.807, 2.05) is 44.2 Å². The molecular weight excluding hydrogens is 323 g/mol. The van der Waals surface area contributed by atoms with Crippen LogP contribution in [0.3, 0.4) is 0 Å². The van der Waals surface area contributed by atoms with Crippen LogP contribution >= 0.6 is 0 Å². The molecular formula is C21H27BN2O2. The minimum absolute atomic E-state index is 0.267. The molecule has 0 aromatic heterocycles. The van der Waals surface area contributed by atoms with Gasteiger partial charge in [0.1, 0.15) is 0 Å². The molecule has 1 aliphatic heterocycles. The standard InChI is InChI=1S/C21H27BN2O2/c1-5-21(4,23)19(22)24-15-7-10-16(11-8-15)26-17-9-6-14-13-25-20(2,3)18(14)12-17/h6-12,22,24H,5,13,23H2,1-4H3/t21-/m1/s1. The zero-order valence-corrected chi connectivity index (χ0v) is 16.1. The van der Waals surface area contributed by atoms with Gasteiger partial charge in [0, 0.05) is 0 Å². The topological polar surface area (TPSA) is 56.5 Å². The van der Waals surface area contributed by atoms with Crippen LogP contribution in [0.5, 0.6) is 11.5 Å². The molecule has 4 nitrogen and oxygen atoms in total. The zero-order valence-electron chi connectivity index (χ0n) is 16.1. The van der Waals surface area contributed by atoms with Gasteiger partial charge in [0.05, 0.1) is 0 Å². The zero-order chi connectivity index (χ0) is 18.9. The Morgan fingerprint density at radius 1 is 1.23 bits per heavy atom. The average molecular weight is 350 g/mol. The van der Waals surface area contributed by atoms with Crippen molar-refractivity contribution in [3.63, 3.8) is 0 Å². The summed E-state index contributed by atoms with van der Waals surface area (Å²) < 4.78 is 11.8. The second-order valence-electron chi connectivity index (χ2n) is 7.62. The van der Waals surface area contributed by atoms with E-state index in [1.165, 1.54) is 11.1 Å². The summed E-state index contributed by atoms with van der Waals surface area (Å²) in [4.78, 5) is 0. The van der Waals surface area contributed by atoms with Crippen molar-refractivity contribution in [3.05, 3.63) is 53.6 Å². The first kappa shape index (κ1) is 18.7. The number of hydrogen-bond acceptors (Lipinski definition) is 4. The SMILES string of the molecule is B=C(Nc1ccc(Oc2ccc3c(c2)C(C)(C)OC3)cc1)[C@](C)(N)CC. The van der Waals surface area contributed by atoms with E-state index < -0.39 is 5.54 Å². The third-order valence-corrected chi connectivity index (χ3v) is 5.13. The molecule has 2 aromatic rings. The predicted molar refractivity (Wildman–Crippen MR) is 109 cm³/mol. The van der Waals surface area contributed by atoms with Crippen molar-refractivity contribution in [3.8, 4) is 11.5 Å². The first-order valence-electron chi connectivity index (χ1n) is 9.02. The third-order valence-electron chi connectivity index (χ3n) is 5.13. The summed E-state index contributed by atoms with van der Waals surface area (Å²) in [6.07, 6.45) is 0.818. The van der Waals surface area contributed by atoms with Gasteiger partial charge < -0.3 is 0 Å². The number of anilines is 1. The molecule has 0 saturated carbocycles. The van der Waals surface area contributed by atoms with E-state index in [1.54, 1.807) is 0 Å². The van der Waals surface area contributed by atoms with Crippen LogP contribution in [0.1, 0.15) is 45.2 Å². The van der Waals surface area contributed by atoms with Gasteiger partial charge in [-0.15, -0.1) is 0 Å². The number of fused-ring (bicyclic) bond motifs is 1. The second-order valence-corrected chi connectivity index (χ2v) is 7.62. The monoisotopic (exact) mass is 350 g/mol. The molecule has 2 aromatic carbocycles. The second kappa shape index (κ2) is 6.90. The molecule has 0 fully saturated rings. The van der Waals surface area contributed by atoms with E-state index >= 15 is 0 Å². The Kier molecular flexibility index (Phi) is 4.95. The summed E-state index contributed by atoms with van der Waals surface area (Å²) in [6, 6.07) is 13.9. The van der Waals surface area contributed by atoms with Crippen LogP contribution in [0.15, 0.2) is 42.5 Å². The summed E-state index contributed by atoms with van der Waals surface area (Å²) >= 11 is 0. The van der Waals surface area contributed by atoms with Crippen molar-refractivity contribution in [1.82, 2.24) is 0 Å². The van der Waals surface area contributed by atoms with Gasteiger partial charge >= 0.3 is 156 Å². The number of nitrogens with one attached hydrogen (secondary N) is 1. The van der Waals surface area contributed by atoms with Gasteiger partial charge in [0.25, 0.3) is 0 Å². The van der Waals surface area contributed by atoms with Crippen LogP contribution in [0.25, 0.3) is 0 Å². The fourth-order valence-corrected chi connectivity index (χ4v) is 2.91. The molecule has 3 rings (SSSR count). The molecule has 0 radical (unpaired) electrons. The predicted octanol–water partition coefficient (Wildman–Crippen LogP) is 3.81. The van der Waals surface area contributed by atoms with Gasteiger partial charge in [-0.05, 0) is 0 Å². The Hall–Kier alpha value is -2.11. The van der Waals surface area contributed by atoms with E-state index in [9.17, 15) is 0 Å². The van der Waals surface area contributed by atoms with E-state index in [0.717, 1.165) is 29.2 Å². The number of rotatable bonds is 6. The normalized spacial score (nSPS) is 17.2. The fraction of sp³-hybridized carbons (Fsp3) is 0.381. The minimum atomic E-state index is -0.436. The van der Waals surface area contributed by atoms with Crippen molar-refractivity contribution in [1.29, 1.82) is 0 Å². The Morgan fingerprint density at radius 2 is 1.88 bits per heavy atom. The third kappa shape index (κ3) is 3.84. The van der Waals surface area contributed by atoms with Crippen molar-refractivity contribution in [2.24, 2.45) is 5.73 Å². The van der Waals surface area contributed by atoms with E-state index in [-0.39, 0.29) is 5.60 Å². The maximum absolute atomic E-state index is 6.21. The van der Waals surface area contributed by atoms with Gasteiger partial charge in [0.15, 0.2) is 0 Å². The van der Waals surface area contributed by atoms with E-state index in [2.05, 4.69) is 38.8 Å². The quantitative estimate of drug-likeness (QED) is 0.778. The van der Waals surface area contributed by atoms with Gasteiger partial charge in [0.2, 0.25) is 0 Å². The summed E-state index contributed by atoms with van der Waals surface area (Å²) in [6.45, 7) is 8.84. The summed E-state index contributed by atoms with van der Waals surface area (Å²) in [5, 5.41) is 3.28. The Morgan fingerprint density at radius 3 is 2.54 bits per heavy atom. The van der Waals surface area contributed by atoms with Gasteiger partial charge in [-0.25, -0.2) is 0 Å². The van der Waals surface area contributed by atoms with Crippen LogP contribution in [0.2, 0.25) is 0 Å². The molecule has 0 unspecified atom stereocenters. The van der Waals surface area contributed by atoms with Crippen molar-refractivity contribution in [2.45, 2.75) is 51.9 Å². The van der Waals surface area contributed by atoms with E-state index in [0.29, 0.717) is 6.61 Å². The molecule has 0 spiro atoms. The molecule has 0 amide bonds. The van der Waals surface area contributed by atoms with Gasteiger partial charge in [-0.3, -0.25) is 0 Å². The molecule has 0 saturated heterocycles. The number of benzene rings is 2. The Bertz CT molecular complexity index is 813. The molecule has 3 N–H and O–H groups in total. The molecule has 136 valence electrons. The maximum atomic E-state index is 6.21. The molecule has 1 aliphatic rings. The van der Waals surface area contributed by atoms with Crippen LogP contribution in [-0.2, 0) is 16.9 Å². The molecule has 1 atom stereocenters. The summed E-state index contributed by atoms with van der Waals surface area (Å²) in [7, 11) is 4.05.